The van der Waals surface area contributed by atoms with Crippen molar-refractivity contribution < 1.29 is 14.3 Å². The van der Waals surface area contributed by atoms with Crippen molar-refractivity contribution in [2.45, 2.75) is 6.92 Å². The van der Waals surface area contributed by atoms with E-state index in [9.17, 15) is 4.79 Å². The average molecular weight is 212 g/mol. The second kappa shape index (κ2) is 5.54. The third-order valence-electron chi connectivity index (χ3n) is 1.59. The zero-order valence-corrected chi connectivity index (χ0v) is 8.97. The van der Waals surface area contributed by atoms with Gasteiger partial charge in [-0.3, -0.25) is 0 Å². The minimum Gasteiger partial charge on any atom is -0.457 e. The molecule has 0 aliphatic heterocycles. The summed E-state index contributed by atoms with van der Waals surface area (Å²) in [5.74, 6) is 0.699. The molecule has 0 fully saturated rings. The van der Waals surface area contributed by atoms with Gasteiger partial charge in [0.2, 0.25) is 6.79 Å². The number of rotatable bonds is 3. The van der Waals surface area contributed by atoms with E-state index in [1.54, 1.807) is 6.26 Å². The van der Waals surface area contributed by atoms with Crippen LogP contribution in [0.25, 0.3) is 0 Å². The van der Waals surface area contributed by atoms with Crippen molar-refractivity contribution in [1.29, 1.82) is 0 Å². The van der Waals surface area contributed by atoms with Crippen LogP contribution in [0.3, 0.4) is 0 Å². The van der Waals surface area contributed by atoms with Gasteiger partial charge in [0.25, 0.3) is 0 Å². The molecule has 0 saturated heterocycles. The summed E-state index contributed by atoms with van der Waals surface area (Å²) in [6, 6.07) is 7.54. The molecular formula is C10H12O3S. The van der Waals surface area contributed by atoms with E-state index in [0.29, 0.717) is 5.75 Å². The van der Waals surface area contributed by atoms with E-state index in [1.165, 1.54) is 5.56 Å². The first-order chi connectivity index (χ1) is 6.72. The second-order valence-electron chi connectivity index (χ2n) is 2.67. The molecule has 0 saturated carbocycles. The maximum absolute atomic E-state index is 10.7. The SMILES string of the molecule is CSC(=O)OCOc1ccc(C)cc1. The molecule has 4 heteroatoms. The van der Waals surface area contributed by atoms with Gasteiger partial charge >= 0.3 is 5.30 Å². The first kappa shape index (κ1) is 10.9. The Bertz CT molecular complexity index is 295. The van der Waals surface area contributed by atoms with Crippen LogP contribution in [0.15, 0.2) is 24.3 Å². The summed E-state index contributed by atoms with van der Waals surface area (Å²) in [7, 11) is 0. The van der Waals surface area contributed by atoms with Gasteiger partial charge in [-0.25, -0.2) is 4.79 Å². The molecule has 0 aliphatic carbocycles. The molecule has 1 aromatic carbocycles. The Morgan fingerprint density at radius 1 is 1.36 bits per heavy atom. The van der Waals surface area contributed by atoms with Gasteiger partial charge in [-0.2, -0.15) is 0 Å². The number of hydrogen-bond donors (Lipinski definition) is 0. The number of ether oxygens (including phenoxy) is 2. The molecule has 0 unspecified atom stereocenters. The highest BCUT2D eigenvalue weighted by atomic mass is 32.2. The van der Waals surface area contributed by atoms with Crippen molar-refractivity contribution in [2.75, 3.05) is 13.0 Å². The van der Waals surface area contributed by atoms with Crippen LogP contribution in [-0.4, -0.2) is 18.4 Å². The van der Waals surface area contributed by atoms with Crippen LogP contribution in [0, 0.1) is 6.92 Å². The lowest BCUT2D eigenvalue weighted by molar-refractivity contribution is 0.0771. The minimum absolute atomic E-state index is 0.0390. The van der Waals surface area contributed by atoms with Gasteiger partial charge in [-0.1, -0.05) is 17.7 Å². The first-order valence-electron chi connectivity index (χ1n) is 4.12. The maximum atomic E-state index is 10.7. The largest absolute Gasteiger partial charge is 0.457 e. The molecule has 0 radical (unpaired) electrons. The van der Waals surface area contributed by atoms with Gasteiger partial charge in [-0.05, 0) is 37.1 Å². The highest BCUT2D eigenvalue weighted by molar-refractivity contribution is 8.12. The molecule has 0 heterocycles. The fourth-order valence-corrected chi connectivity index (χ4v) is 1.01. The van der Waals surface area contributed by atoms with E-state index in [0.717, 1.165) is 11.8 Å². The average Bonchev–Trinajstić information content (AvgIpc) is 2.21. The van der Waals surface area contributed by atoms with E-state index in [4.69, 9.17) is 9.47 Å². The Kier molecular flexibility index (Phi) is 4.32. The Hall–Kier alpha value is -1.16. The molecule has 0 aromatic heterocycles. The summed E-state index contributed by atoms with van der Waals surface area (Å²) in [4.78, 5) is 10.7. The van der Waals surface area contributed by atoms with Crippen molar-refractivity contribution in [3.63, 3.8) is 0 Å². The smallest absolute Gasteiger partial charge is 0.369 e. The van der Waals surface area contributed by atoms with Crippen LogP contribution in [0.2, 0.25) is 0 Å². The van der Waals surface area contributed by atoms with Crippen LogP contribution in [0.4, 0.5) is 4.79 Å². The predicted octanol–water partition coefficient (Wildman–Crippen LogP) is 2.83. The molecule has 0 bridgehead atoms. The summed E-state index contributed by atoms with van der Waals surface area (Å²) in [6.45, 7) is 1.96. The van der Waals surface area contributed by atoms with Crippen LogP contribution >= 0.6 is 11.8 Å². The second-order valence-corrected chi connectivity index (χ2v) is 3.42. The highest BCUT2D eigenvalue weighted by Gasteiger charge is 1.98. The monoisotopic (exact) mass is 212 g/mol. The maximum Gasteiger partial charge on any atom is 0.369 e. The standard InChI is InChI=1S/C10H12O3S/c1-8-3-5-9(6-4-8)12-7-13-10(11)14-2/h3-6H,7H2,1-2H3. The van der Waals surface area contributed by atoms with Crippen molar-refractivity contribution in [3.05, 3.63) is 29.8 Å². The van der Waals surface area contributed by atoms with Crippen molar-refractivity contribution in [2.24, 2.45) is 0 Å². The Balaban J connectivity index is 2.31. The van der Waals surface area contributed by atoms with Gasteiger partial charge in [0.15, 0.2) is 0 Å². The summed E-state index contributed by atoms with van der Waals surface area (Å²) >= 11 is 1.02. The molecule has 1 aromatic rings. The normalized spacial score (nSPS) is 9.57. The molecule has 76 valence electrons. The van der Waals surface area contributed by atoms with Crippen LogP contribution < -0.4 is 4.74 Å². The zero-order valence-electron chi connectivity index (χ0n) is 8.15. The minimum atomic E-state index is -0.336. The fourth-order valence-electron chi connectivity index (χ4n) is 0.839. The predicted molar refractivity (Wildman–Crippen MR) is 56.7 cm³/mol. The Morgan fingerprint density at radius 2 is 2.00 bits per heavy atom. The van der Waals surface area contributed by atoms with Gasteiger partial charge in [0, 0.05) is 0 Å². The molecule has 1 rings (SSSR count). The van der Waals surface area contributed by atoms with Crippen molar-refractivity contribution in [3.8, 4) is 5.75 Å². The molecule has 3 nitrogen and oxygen atoms in total. The molecule has 0 aliphatic rings. The number of hydrogen-bond acceptors (Lipinski definition) is 4. The lowest BCUT2D eigenvalue weighted by atomic mass is 10.2. The lowest BCUT2D eigenvalue weighted by Crippen LogP contribution is -2.05. The number of thioether (sulfide) groups is 1. The quantitative estimate of drug-likeness (QED) is 0.570. The molecule has 0 amide bonds. The van der Waals surface area contributed by atoms with Gasteiger partial charge in [0.1, 0.15) is 5.75 Å². The van der Waals surface area contributed by atoms with Crippen LogP contribution in [0.5, 0.6) is 5.75 Å². The third kappa shape index (κ3) is 3.70. The summed E-state index contributed by atoms with van der Waals surface area (Å²) in [5.41, 5.74) is 1.17. The van der Waals surface area contributed by atoms with Crippen molar-refractivity contribution in [1.82, 2.24) is 0 Å². The molecule has 0 spiro atoms. The van der Waals surface area contributed by atoms with E-state index in [1.807, 2.05) is 31.2 Å². The number of benzene rings is 1. The summed E-state index contributed by atoms with van der Waals surface area (Å²) in [6.07, 6.45) is 1.66. The zero-order chi connectivity index (χ0) is 10.4. The van der Waals surface area contributed by atoms with Gasteiger partial charge in [0.05, 0.1) is 0 Å². The lowest BCUT2D eigenvalue weighted by Gasteiger charge is -2.05. The van der Waals surface area contributed by atoms with Crippen molar-refractivity contribution >= 4 is 17.1 Å². The number of carbonyl (C=O) groups excluding carboxylic acids is 1. The first-order valence-corrected chi connectivity index (χ1v) is 5.35. The van der Waals surface area contributed by atoms with E-state index in [2.05, 4.69) is 0 Å². The van der Waals surface area contributed by atoms with E-state index >= 15 is 0 Å². The Morgan fingerprint density at radius 3 is 2.57 bits per heavy atom. The summed E-state index contributed by atoms with van der Waals surface area (Å²) < 4.78 is 9.90. The number of carbonyl (C=O) groups is 1. The molecule has 0 N–H and O–H groups in total. The Labute approximate surface area is 87.4 Å². The van der Waals surface area contributed by atoms with Crippen LogP contribution in [-0.2, 0) is 4.74 Å². The van der Waals surface area contributed by atoms with Gasteiger partial charge in [-0.15, -0.1) is 0 Å². The fraction of sp³-hybridized carbons (Fsp3) is 0.300. The third-order valence-corrected chi connectivity index (χ3v) is 2.04. The van der Waals surface area contributed by atoms with Gasteiger partial charge < -0.3 is 9.47 Å². The van der Waals surface area contributed by atoms with E-state index < -0.39 is 0 Å². The summed E-state index contributed by atoms with van der Waals surface area (Å²) in [5, 5.41) is -0.336. The molecule has 0 atom stereocenters. The topological polar surface area (TPSA) is 35.5 Å². The van der Waals surface area contributed by atoms with Crippen LogP contribution in [0.1, 0.15) is 5.56 Å². The highest BCUT2D eigenvalue weighted by Crippen LogP contribution is 2.11. The van der Waals surface area contributed by atoms with E-state index in [-0.39, 0.29) is 12.1 Å². The number of aryl methyl sites for hydroxylation is 1. The molecule has 14 heavy (non-hydrogen) atoms. The molecular weight excluding hydrogens is 200 g/mol.